The third-order valence-corrected chi connectivity index (χ3v) is 4.20. The molecule has 3 rings (SSSR count). The van der Waals surface area contributed by atoms with Crippen LogP contribution in [-0.2, 0) is 4.74 Å². The van der Waals surface area contributed by atoms with E-state index < -0.39 is 0 Å². The van der Waals surface area contributed by atoms with E-state index in [2.05, 4.69) is 36.5 Å². The first kappa shape index (κ1) is 13.1. The molecule has 1 aromatic heterocycles. The Bertz CT molecular complexity index is 452. The molecule has 0 amide bonds. The summed E-state index contributed by atoms with van der Waals surface area (Å²) in [6.07, 6.45) is 5.79. The molecule has 0 radical (unpaired) electrons. The maximum Gasteiger partial charge on any atom is 0.224 e. The Labute approximate surface area is 121 Å². The molecule has 1 aliphatic heterocycles. The van der Waals surface area contributed by atoms with Gasteiger partial charge < -0.3 is 15.4 Å². The van der Waals surface area contributed by atoms with Gasteiger partial charge in [0, 0.05) is 19.3 Å². The summed E-state index contributed by atoms with van der Waals surface area (Å²) in [6, 6.07) is 0.369. The predicted octanol–water partition coefficient (Wildman–Crippen LogP) is 2.65. The second-order valence-corrected chi connectivity index (χ2v) is 5.99. The molecule has 2 atom stereocenters. The van der Waals surface area contributed by atoms with Gasteiger partial charge in [0.25, 0.3) is 0 Å². The molecule has 1 saturated heterocycles. The first-order valence-electron chi connectivity index (χ1n) is 6.92. The molecular weight excluding hydrogens is 308 g/mol. The van der Waals surface area contributed by atoms with E-state index >= 15 is 0 Å². The fourth-order valence-electron chi connectivity index (χ4n) is 2.54. The van der Waals surface area contributed by atoms with Crippen LogP contribution >= 0.6 is 15.9 Å². The molecule has 2 N–H and O–H groups in total. The standard InChI is InChI=1S/C13H19BrN4O/c1-2-15-13-16-7-9(14)12(18-13)17-10-5-6-19-11(10)8-3-4-8/h7-8,10-11H,2-6H2,1H3,(H2,15,16,17,18). The maximum absolute atomic E-state index is 5.84. The van der Waals surface area contributed by atoms with Gasteiger partial charge in [-0.05, 0) is 48.0 Å². The van der Waals surface area contributed by atoms with Crippen molar-refractivity contribution in [3.8, 4) is 0 Å². The lowest BCUT2D eigenvalue weighted by molar-refractivity contribution is 0.0898. The molecule has 0 bridgehead atoms. The zero-order valence-corrected chi connectivity index (χ0v) is 12.6. The van der Waals surface area contributed by atoms with E-state index in [1.807, 2.05) is 6.92 Å². The van der Waals surface area contributed by atoms with E-state index in [1.54, 1.807) is 6.20 Å². The van der Waals surface area contributed by atoms with Gasteiger partial charge in [-0.2, -0.15) is 4.98 Å². The highest BCUT2D eigenvalue weighted by molar-refractivity contribution is 9.10. The Hall–Kier alpha value is -0.880. The van der Waals surface area contributed by atoms with Crippen LogP contribution in [-0.4, -0.2) is 35.3 Å². The average molecular weight is 327 g/mol. The number of hydrogen-bond acceptors (Lipinski definition) is 5. The van der Waals surface area contributed by atoms with Crippen molar-refractivity contribution in [3.05, 3.63) is 10.7 Å². The van der Waals surface area contributed by atoms with Crippen molar-refractivity contribution in [2.45, 2.75) is 38.3 Å². The number of hydrogen-bond donors (Lipinski definition) is 2. The fourth-order valence-corrected chi connectivity index (χ4v) is 2.85. The van der Waals surface area contributed by atoms with Crippen molar-refractivity contribution in [1.29, 1.82) is 0 Å². The number of nitrogens with one attached hydrogen (secondary N) is 2. The number of anilines is 2. The molecule has 104 valence electrons. The van der Waals surface area contributed by atoms with Crippen LogP contribution in [0.15, 0.2) is 10.7 Å². The van der Waals surface area contributed by atoms with E-state index in [-0.39, 0.29) is 0 Å². The second kappa shape index (κ2) is 5.63. The topological polar surface area (TPSA) is 59.1 Å². The van der Waals surface area contributed by atoms with Crippen molar-refractivity contribution < 1.29 is 4.74 Å². The summed E-state index contributed by atoms with van der Waals surface area (Å²) in [5, 5.41) is 6.65. The lowest BCUT2D eigenvalue weighted by atomic mass is 10.1. The van der Waals surface area contributed by atoms with Crippen LogP contribution in [0.5, 0.6) is 0 Å². The average Bonchev–Trinajstić information content (AvgIpc) is 3.14. The van der Waals surface area contributed by atoms with Crippen LogP contribution in [0.4, 0.5) is 11.8 Å². The lowest BCUT2D eigenvalue weighted by Gasteiger charge is -2.20. The molecule has 5 nitrogen and oxygen atoms in total. The van der Waals surface area contributed by atoms with Crippen LogP contribution in [0.2, 0.25) is 0 Å². The minimum Gasteiger partial charge on any atom is -0.376 e. The van der Waals surface area contributed by atoms with Gasteiger partial charge in [-0.1, -0.05) is 0 Å². The molecular formula is C13H19BrN4O. The van der Waals surface area contributed by atoms with E-state index in [9.17, 15) is 0 Å². The Morgan fingerprint density at radius 2 is 2.26 bits per heavy atom. The van der Waals surface area contributed by atoms with Crippen LogP contribution in [0.3, 0.4) is 0 Å². The molecule has 1 aromatic rings. The molecule has 2 unspecified atom stereocenters. The highest BCUT2D eigenvalue weighted by atomic mass is 79.9. The zero-order valence-electron chi connectivity index (χ0n) is 11.0. The van der Waals surface area contributed by atoms with Gasteiger partial charge in [-0.25, -0.2) is 4.98 Å². The Morgan fingerprint density at radius 3 is 3.00 bits per heavy atom. The van der Waals surface area contributed by atoms with Gasteiger partial charge in [0.1, 0.15) is 5.82 Å². The van der Waals surface area contributed by atoms with E-state index in [0.29, 0.717) is 18.1 Å². The summed E-state index contributed by atoms with van der Waals surface area (Å²) < 4.78 is 6.74. The van der Waals surface area contributed by atoms with E-state index in [4.69, 9.17) is 4.74 Å². The summed E-state index contributed by atoms with van der Waals surface area (Å²) in [6.45, 7) is 3.70. The normalized spacial score (nSPS) is 26.4. The van der Waals surface area contributed by atoms with Crippen molar-refractivity contribution in [3.63, 3.8) is 0 Å². The number of halogens is 1. The minimum absolute atomic E-state index is 0.351. The number of rotatable bonds is 5. The summed E-state index contributed by atoms with van der Waals surface area (Å²) in [7, 11) is 0. The lowest BCUT2D eigenvalue weighted by Crippen LogP contribution is -2.31. The van der Waals surface area contributed by atoms with Crippen molar-refractivity contribution in [2.24, 2.45) is 5.92 Å². The number of ether oxygens (including phenoxy) is 1. The predicted molar refractivity (Wildman–Crippen MR) is 78.4 cm³/mol. The molecule has 6 heteroatoms. The van der Waals surface area contributed by atoms with Gasteiger partial charge >= 0.3 is 0 Å². The quantitative estimate of drug-likeness (QED) is 0.871. The fraction of sp³-hybridized carbons (Fsp3) is 0.692. The Morgan fingerprint density at radius 1 is 1.42 bits per heavy atom. The van der Waals surface area contributed by atoms with Gasteiger partial charge in [0.2, 0.25) is 5.95 Å². The van der Waals surface area contributed by atoms with Crippen molar-refractivity contribution >= 4 is 27.7 Å². The molecule has 19 heavy (non-hydrogen) atoms. The highest BCUT2D eigenvalue weighted by Crippen LogP contribution is 2.39. The highest BCUT2D eigenvalue weighted by Gasteiger charge is 2.40. The van der Waals surface area contributed by atoms with E-state index in [0.717, 1.165) is 35.8 Å². The van der Waals surface area contributed by atoms with Crippen LogP contribution in [0, 0.1) is 5.92 Å². The van der Waals surface area contributed by atoms with Gasteiger partial charge in [0.05, 0.1) is 16.6 Å². The van der Waals surface area contributed by atoms with Crippen LogP contribution < -0.4 is 10.6 Å². The van der Waals surface area contributed by atoms with Crippen LogP contribution in [0.25, 0.3) is 0 Å². The summed E-state index contributed by atoms with van der Waals surface area (Å²) >= 11 is 3.51. The second-order valence-electron chi connectivity index (χ2n) is 5.13. The van der Waals surface area contributed by atoms with Gasteiger partial charge in [0.15, 0.2) is 0 Å². The summed E-state index contributed by atoms with van der Waals surface area (Å²) in [5.74, 6) is 2.26. The van der Waals surface area contributed by atoms with Crippen LogP contribution in [0.1, 0.15) is 26.2 Å². The molecule has 0 spiro atoms. The van der Waals surface area contributed by atoms with Gasteiger partial charge in [-0.15, -0.1) is 0 Å². The monoisotopic (exact) mass is 326 g/mol. The largest absolute Gasteiger partial charge is 0.376 e. The number of nitrogens with zero attached hydrogens (tertiary/aromatic N) is 2. The third-order valence-electron chi connectivity index (χ3n) is 3.62. The molecule has 1 aliphatic carbocycles. The summed E-state index contributed by atoms with van der Waals surface area (Å²) in [4.78, 5) is 8.73. The first-order valence-corrected chi connectivity index (χ1v) is 7.71. The molecule has 1 saturated carbocycles. The summed E-state index contributed by atoms with van der Waals surface area (Å²) in [5.41, 5.74) is 0. The smallest absolute Gasteiger partial charge is 0.224 e. The SMILES string of the molecule is CCNc1ncc(Br)c(NC2CCOC2C2CC2)n1. The molecule has 2 heterocycles. The molecule has 0 aromatic carbocycles. The molecule has 2 fully saturated rings. The zero-order chi connectivity index (χ0) is 13.2. The molecule has 2 aliphatic rings. The maximum atomic E-state index is 5.84. The minimum atomic E-state index is 0.351. The van der Waals surface area contributed by atoms with E-state index in [1.165, 1.54) is 12.8 Å². The van der Waals surface area contributed by atoms with Crippen molar-refractivity contribution in [2.75, 3.05) is 23.8 Å². The Balaban J connectivity index is 1.72. The number of aromatic nitrogens is 2. The first-order chi connectivity index (χ1) is 9.28. The van der Waals surface area contributed by atoms with Crippen molar-refractivity contribution in [1.82, 2.24) is 9.97 Å². The Kier molecular flexibility index (Phi) is 3.88. The van der Waals surface area contributed by atoms with Gasteiger partial charge in [-0.3, -0.25) is 0 Å². The third kappa shape index (κ3) is 3.00.